The van der Waals surface area contributed by atoms with Crippen LogP contribution in [-0.2, 0) is 16.8 Å². The second-order valence-electron chi connectivity index (χ2n) is 9.85. The number of piperazine rings is 1. The molecule has 3 aromatic rings. The Labute approximate surface area is 200 Å². The lowest BCUT2D eigenvalue weighted by Gasteiger charge is -2.38. The molecule has 1 fully saturated rings. The van der Waals surface area contributed by atoms with E-state index >= 15 is 0 Å². The maximum Gasteiger partial charge on any atom is 0.275 e. The molecule has 34 heavy (non-hydrogen) atoms. The van der Waals surface area contributed by atoms with Crippen LogP contribution in [0.25, 0.3) is 10.8 Å². The number of fused-ring (bicyclic) bond motifs is 1. The Balaban J connectivity index is 1.54. The number of nitrogens with zero attached hydrogens (tertiary/aromatic N) is 4. The third-order valence-corrected chi connectivity index (χ3v) is 6.49. The van der Waals surface area contributed by atoms with E-state index < -0.39 is 5.41 Å². The molecule has 1 aliphatic rings. The molecule has 0 saturated carbocycles. The van der Waals surface area contributed by atoms with Crippen molar-refractivity contribution in [3.63, 3.8) is 0 Å². The molecule has 0 spiro atoms. The first kappa shape index (κ1) is 23.7. The highest BCUT2D eigenvalue weighted by Crippen LogP contribution is 2.26. The molecule has 7 nitrogen and oxygen atoms in total. The quantitative estimate of drug-likeness (QED) is 0.585. The number of carbonyl (C=O) groups excluding carboxylic acids is 2. The van der Waals surface area contributed by atoms with E-state index in [9.17, 15) is 14.4 Å². The highest BCUT2D eigenvalue weighted by atomic mass is 16.2. The predicted octanol–water partition coefficient (Wildman–Crippen LogP) is 3.31. The van der Waals surface area contributed by atoms with E-state index in [0.29, 0.717) is 49.2 Å². The third kappa shape index (κ3) is 4.47. The summed E-state index contributed by atoms with van der Waals surface area (Å²) >= 11 is 0. The average Bonchev–Trinajstić information content (AvgIpc) is 2.85. The van der Waals surface area contributed by atoms with Gasteiger partial charge in [0.15, 0.2) is 5.69 Å². The summed E-state index contributed by atoms with van der Waals surface area (Å²) in [5, 5.41) is 5.55. The largest absolute Gasteiger partial charge is 0.338 e. The van der Waals surface area contributed by atoms with Gasteiger partial charge in [-0.2, -0.15) is 5.10 Å². The van der Waals surface area contributed by atoms with Gasteiger partial charge in [0.2, 0.25) is 5.91 Å². The molecule has 2 aromatic carbocycles. The summed E-state index contributed by atoms with van der Waals surface area (Å²) in [4.78, 5) is 43.2. The Bertz CT molecular complexity index is 1260. The fourth-order valence-electron chi connectivity index (χ4n) is 4.50. The van der Waals surface area contributed by atoms with E-state index in [1.165, 1.54) is 4.68 Å². The molecule has 0 radical (unpaired) electrons. The van der Waals surface area contributed by atoms with Crippen LogP contribution in [0.4, 0.5) is 0 Å². The molecule has 0 unspecified atom stereocenters. The van der Waals surface area contributed by atoms with Crippen molar-refractivity contribution >= 4 is 22.6 Å². The van der Waals surface area contributed by atoms with E-state index in [1.54, 1.807) is 23.1 Å². The Kier molecular flexibility index (Phi) is 6.55. The van der Waals surface area contributed by atoms with Crippen molar-refractivity contribution in [3.8, 4) is 0 Å². The van der Waals surface area contributed by atoms with Gasteiger partial charge in [-0.1, -0.05) is 62.4 Å². The van der Waals surface area contributed by atoms with E-state index in [4.69, 9.17) is 0 Å². The zero-order chi connectivity index (χ0) is 24.5. The van der Waals surface area contributed by atoms with Gasteiger partial charge >= 0.3 is 0 Å². The first-order chi connectivity index (χ1) is 16.2. The van der Waals surface area contributed by atoms with Gasteiger partial charge in [0.05, 0.1) is 10.8 Å². The van der Waals surface area contributed by atoms with Crippen molar-refractivity contribution in [1.82, 2.24) is 19.6 Å². The Hall–Kier alpha value is -3.48. The van der Waals surface area contributed by atoms with Crippen molar-refractivity contribution < 1.29 is 9.59 Å². The molecule has 4 rings (SSSR count). The summed E-state index contributed by atoms with van der Waals surface area (Å²) in [6, 6.07) is 16.9. The Morgan fingerprint density at radius 3 is 2.06 bits per heavy atom. The van der Waals surface area contributed by atoms with E-state index in [0.717, 1.165) is 5.56 Å². The second-order valence-corrected chi connectivity index (χ2v) is 9.85. The molecule has 0 atom stereocenters. The van der Waals surface area contributed by atoms with Crippen LogP contribution in [-0.4, -0.2) is 57.6 Å². The molecule has 0 N–H and O–H groups in total. The highest BCUT2D eigenvalue weighted by molar-refractivity contribution is 6.04. The van der Waals surface area contributed by atoms with Crippen LogP contribution in [0.3, 0.4) is 0 Å². The number of amides is 2. The fourth-order valence-corrected chi connectivity index (χ4v) is 4.50. The molecule has 2 heterocycles. The molecule has 7 heteroatoms. The number of hydrogen-bond donors (Lipinski definition) is 0. The highest BCUT2D eigenvalue weighted by Gasteiger charge is 2.36. The minimum atomic E-state index is -0.641. The third-order valence-electron chi connectivity index (χ3n) is 6.49. The Morgan fingerprint density at radius 2 is 1.44 bits per heavy atom. The molecule has 0 aliphatic carbocycles. The fraction of sp³-hybridized carbons (Fsp3) is 0.407. The monoisotopic (exact) mass is 460 g/mol. The maximum atomic E-state index is 13.5. The smallest absolute Gasteiger partial charge is 0.275 e. The van der Waals surface area contributed by atoms with Crippen LogP contribution < -0.4 is 5.56 Å². The lowest BCUT2D eigenvalue weighted by Crippen LogP contribution is -2.54. The van der Waals surface area contributed by atoms with Gasteiger partial charge in [0.1, 0.15) is 0 Å². The van der Waals surface area contributed by atoms with E-state index in [-0.39, 0.29) is 23.3 Å². The van der Waals surface area contributed by atoms with Gasteiger partial charge in [-0.25, -0.2) is 4.68 Å². The SMILES string of the molecule is CC(C)Cn1nc(C(=O)N2CCN(C(=O)C(C)(C)c3ccccc3)CC2)c2ccccc2c1=O. The number of hydrogen-bond acceptors (Lipinski definition) is 4. The topological polar surface area (TPSA) is 75.5 Å². The maximum absolute atomic E-state index is 13.5. The molecule has 1 aromatic heterocycles. The first-order valence-corrected chi connectivity index (χ1v) is 11.8. The minimum Gasteiger partial charge on any atom is -0.338 e. The van der Waals surface area contributed by atoms with Gasteiger partial charge in [0.25, 0.3) is 11.5 Å². The molecule has 1 saturated heterocycles. The minimum absolute atomic E-state index is 0.0554. The van der Waals surface area contributed by atoms with Crippen LogP contribution in [0, 0.1) is 5.92 Å². The van der Waals surface area contributed by atoms with Crippen molar-refractivity contribution in [2.75, 3.05) is 26.2 Å². The van der Waals surface area contributed by atoms with Crippen LogP contribution in [0.15, 0.2) is 59.4 Å². The van der Waals surface area contributed by atoms with Crippen LogP contribution >= 0.6 is 0 Å². The molecule has 178 valence electrons. The van der Waals surface area contributed by atoms with Crippen molar-refractivity contribution in [1.29, 1.82) is 0 Å². The van der Waals surface area contributed by atoms with Gasteiger partial charge in [0, 0.05) is 38.1 Å². The lowest BCUT2D eigenvalue weighted by molar-refractivity contribution is -0.137. The molecule has 2 amide bonds. The summed E-state index contributed by atoms with van der Waals surface area (Å²) in [6.07, 6.45) is 0. The second kappa shape index (κ2) is 9.41. The van der Waals surface area contributed by atoms with Crippen LogP contribution in [0.2, 0.25) is 0 Å². The first-order valence-electron chi connectivity index (χ1n) is 11.8. The van der Waals surface area contributed by atoms with Gasteiger partial charge in [-0.15, -0.1) is 0 Å². The van der Waals surface area contributed by atoms with E-state index in [1.807, 2.05) is 69.0 Å². The zero-order valence-electron chi connectivity index (χ0n) is 20.3. The average molecular weight is 461 g/mol. The Morgan fingerprint density at radius 1 is 0.882 bits per heavy atom. The summed E-state index contributed by atoms with van der Waals surface area (Å²) in [6.45, 7) is 10.1. The summed E-state index contributed by atoms with van der Waals surface area (Å²) < 4.78 is 1.41. The summed E-state index contributed by atoms with van der Waals surface area (Å²) in [7, 11) is 0. The molecular formula is C27H32N4O3. The van der Waals surface area contributed by atoms with Crippen molar-refractivity contribution in [3.05, 3.63) is 76.2 Å². The van der Waals surface area contributed by atoms with E-state index in [2.05, 4.69) is 5.10 Å². The number of aromatic nitrogens is 2. The van der Waals surface area contributed by atoms with Gasteiger partial charge in [-0.3, -0.25) is 14.4 Å². The van der Waals surface area contributed by atoms with Gasteiger partial charge < -0.3 is 9.80 Å². The van der Waals surface area contributed by atoms with Crippen molar-refractivity contribution in [2.24, 2.45) is 5.92 Å². The number of carbonyl (C=O) groups is 2. The summed E-state index contributed by atoms with van der Waals surface area (Å²) in [5.74, 6) is 0.0693. The number of rotatable bonds is 5. The van der Waals surface area contributed by atoms with Crippen LogP contribution in [0.5, 0.6) is 0 Å². The normalized spacial score (nSPS) is 14.6. The molecular weight excluding hydrogens is 428 g/mol. The van der Waals surface area contributed by atoms with Gasteiger partial charge in [-0.05, 0) is 31.4 Å². The molecule has 0 bridgehead atoms. The predicted molar refractivity (Wildman–Crippen MR) is 133 cm³/mol. The lowest BCUT2D eigenvalue weighted by atomic mass is 9.83. The van der Waals surface area contributed by atoms with Crippen molar-refractivity contribution in [2.45, 2.75) is 39.7 Å². The van der Waals surface area contributed by atoms with Crippen LogP contribution in [0.1, 0.15) is 43.7 Å². The molecule has 1 aliphatic heterocycles. The number of benzene rings is 2. The zero-order valence-corrected chi connectivity index (χ0v) is 20.3. The summed E-state index contributed by atoms with van der Waals surface area (Å²) in [5.41, 5.74) is 0.443. The standard InChI is InChI=1S/C27H32N4O3/c1-19(2)18-31-24(32)22-13-9-8-12-21(22)23(28-31)25(33)29-14-16-30(17-15-29)26(34)27(3,4)20-10-6-5-7-11-20/h5-13,19H,14-18H2,1-4H3.